The third kappa shape index (κ3) is 1.89. The van der Waals surface area contributed by atoms with Gasteiger partial charge < -0.3 is 4.74 Å². The first-order chi connectivity index (χ1) is 8.25. The van der Waals surface area contributed by atoms with Gasteiger partial charge in [-0.05, 0) is 24.4 Å². The van der Waals surface area contributed by atoms with Crippen LogP contribution in [-0.2, 0) is 16.0 Å². The molecule has 0 saturated carbocycles. The van der Waals surface area contributed by atoms with E-state index in [2.05, 4.69) is 9.97 Å². The Bertz CT molecular complexity index is 460. The number of halogens is 1. The molecule has 1 aromatic heterocycles. The van der Waals surface area contributed by atoms with Gasteiger partial charge >= 0.3 is 0 Å². The van der Waals surface area contributed by atoms with Crippen LogP contribution in [0.15, 0.2) is 6.20 Å². The third-order valence-corrected chi connectivity index (χ3v) is 3.33. The predicted octanol–water partition coefficient (Wildman–Crippen LogP) is 1.20. The summed E-state index contributed by atoms with van der Waals surface area (Å²) in [7, 11) is 0. The van der Waals surface area contributed by atoms with Crippen LogP contribution in [0, 0.1) is 0 Å². The summed E-state index contributed by atoms with van der Waals surface area (Å²) in [5, 5.41) is 0.181. The van der Waals surface area contributed by atoms with E-state index in [0.29, 0.717) is 18.8 Å². The summed E-state index contributed by atoms with van der Waals surface area (Å²) < 4.78 is 5.42. The lowest BCUT2D eigenvalue weighted by Gasteiger charge is -2.30. The highest BCUT2D eigenvalue weighted by atomic mass is 35.5. The topological polar surface area (TPSA) is 55.3 Å². The Morgan fingerprint density at radius 2 is 2.41 bits per heavy atom. The second-order valence-corrected chi connectivity index (χ2v) is 4.64. The van der Waals surface area contributed by atoms with Crippen LogP contribution in [0.5, 0.6) is 0 Å². The molecule has 1 saturated heterocycles. The van der Waals surface area contributed by atoms with Crippen LogP contribution in [0.4, 0.5) is 5.82 Å². The maximum absolute atomic E-state index is 12.0. The average molecular weight is 254 g/mol. The van der Waals surface area contributed by atoms with Crippen molar-refractivity contribution in [2.75, 3.05) is 18.1 Å². The molecule has 1 aromatic rings. The molecule has 3 heterocycles. The highest BCUT2D eigenvalue weighted by molar-refractivity contribution is 6.28. The number of nitrogens with zero attached hydrogens (tertiary/aromatic N) is 3. The lowest BCUT2D eigenvalue weighted by molar-refractivity contribution is -0.118. The maximum atomic E-state index is 12.0. The van der Waals surface area contributed by atoms with Crippen molar-refractivity contribution in [2.24, 2.45) is 0 Å². The van der Waals surface area contributed by atoms with Crippen molar-refractivity contribution in [2.45, 2.75) is 25.3 Å². The number of aromatic nitrogens is 2. The number of hydrogen-bond acceptors (Lipinski definition) is 4. The molecule has 0 unspecified atom stereocenters. The molecule has 0 N–H and O–H groups in total. The van der Waals surface area contributed by atoms with Crippen LogP contribution in [0.25, 0.3) is 0 Å². The predicted molar refractivity (Wildman–Crippen MR) is 62.1 cm³/mol. The summed E-state index contributed by atoms with van der Waals surface area (Å²) in [4.78, 5) is 21.8. The highest BCUT2D eigenvalue weighted by Crippen LogP contribution is 2.31. The quantitative estimate of drug-likeness (QED) is 0.706. The molecule has 17 heavy (non-hydrogen) atoms. The van der Waals surface area contributed by atoms with E-state index in [4.69, 9.17) is 16.3 Å². The molecule has 1 fully saturated rings. The largest absolute Gasteiger partial charge is 0.379 e. The zero-order valence-electron chi connectivity index (χ0n) is 9.23. The number of rotatable bonds is 1. The van der Waals surface area contributed by atoms with E-state index in [1.165, 1.54) is 0 Å². The highest BCUT2D eigenvalue weighted by Gasteiger charge is 2.35. The number of fused-ring (bicyclic) bond motifs is 1. The molecule has 5 nitrogen and oxygen atoms in total. The van der Waals surface area contributed by atoms with Gasteiger partial charge in [-0.3, -0.25) is 9.69 Å². The molecule has 0 spiro atoms. The summed E-state index contributed by atoms with van der Waals surface area (Å²) in [5.74, 6) is 0.720. The molecule has 1 amide bonds. The normalized spacial score (nSPS) is 23.9. The van der Waals surface area contributed by atoms with Crippen molar-refractivity contribution in [3.8, 4) is 0 Å². The standard InChI is InChI=1S/C11H12ClN3O2/c12-11-13-5-7-4-9(16)15(10(7)14-11)8-2-1-3-17-6-8/h5,8H,1-4,6H2/t8-/m0/s1. The van der Waals surface area contributed by atoms with Gasteiger partial charge in [0.05, 0.1) is 19.1 Å². The van der Waals surface area contributed by atoms with Gasteiger partial charge in [0.25, 0.3) is 0 Å². The summed E-state index contributed by atoms with van der Waals surface area (Å²) in [6.45, 7) is 1.35. The lowest BCUT2D eigenvalue weighted by atomic mass is 10.1. The van der Waals surface area contributed by atoms with Crippen LogP contribution < -0.4 is 4.90 Å². The van der Waals surface area contributed by atoms with Crippen molar-refractivity contribution < 1.29 is 9.53 Å². The molecule has 90 valence electrons. The number of anilines is 1. The zero-order valence-corrected chi connectivity index (χ0v) is 9.98. The Kier molecular flexibility index (Phi) is 2.72. The molecule has 0 aromatic carbocycles. The fraction of sp³-hybridized carbons (Fsp3) is 0.545. The average Bonchev–Trinajstić information content (AvgIpc) is 2.65. The number of hydrogen-bond donors (Lipinski definition) is 0. The number of amides is 1. The summed E-state index contributed by atoms with van der Waals surface area (Å²) in [5.41, 5.74) is 0.852. The molecule has 6 heteroatoms. The second-order valence-electron chi connectivity index (χ2n) is 4.30. The molecular formula is C11H12ClN3O2. The van der Waals surface area contributed by atoms with E-state index in [1.807, 2.05) is 0 Å². The molecule has 0 bridgehead atoms. The number of carbonyl (C=O) groups is 1. The number of carbonyl (C=O) groups excluding carboxylic acids is 1. The van der Waals surface area contributed by atoms with Crippen LogP contribution >= 0.6 is 11.6 Å². The molecule has 2 aliphatic rings. The van der Waals surface area contributed by atoms with E-state index in [0.717, 1.165) is 25.0 Å². The minimum Gasteiger partial charge on any atom is -0.379 e. The van der Waals surface area contributed by atoms with E-state index >= 15 is 0 Å². The van der Waals surface area contributed by atoms with E-state index in [1.54, 1.807) is 11.1 Å². The third-order valence-electron chi connectivity index (χ3n) is 3.15. The van der Waals surface area contributed by atoms with Gasteiger partial charge in [-0.1, -0.05) is 0 Å². The van der Waals surface area contributed by atoms with Gasteiger partial charge in [-0.15, -0.1) is 0 Å². The van der Waals surface area contributed by atoms with Crippen LogP contribution in [0.3, 0.4) is 0 Å². The summed E-state index contributed by atoms with van der Waals surface area (Å²) in [6.07, 6.45) is 3.92. The Balaban J connectivity index is 1.95. The van der Waals surface area contributed by atoms with Crippen LogP contribution in [0.2, 0.25) is 5.28 Å². The Hall–Kier alpha value is -1.20. The first-order valence-electron chi connectivity index (χ1n) is 5.67. The lowest BCUT2D eigenvalue weighted by Crippen LogP contribution is -2.43. The second kappa shape index (κ2) is 4.23. The van der Waals surface area contributed by atoms with E-state index in [-0.39, 0.29) is 17.2 Å². The molecule has 0 radical (unpaired) electrons. The minimum absolute atomic E-state index is 0.0621. The van der Waals surface area contributed by atoms with Crippen molar-refractivity contribution in [1.82, 2.24) is 9.97 Å². The van der Waals surface area contributed by atoms with Gasteiger partial charge in [-0.25, -0.2) is 4.98 Å². The Labute approximate surface area is 104 Å². The first kappa shape index (κ1) is 10.9. The number of ether oxygens (including phenoxy) is 1. The fourth-order valence-corrected chi connectivity index (χ4v) is 2.51. The van der Waals surface area contributed by atoms with Gasteiger partial charge in [-0.2, -0.15) is 4.98 Å². The molecule has 2 aliphatic heterocycles. The first-order valence-corrected chi connectivity index (χ1v) is 6.05. The van der Waals surface area contributed by atoms with Crippen molar-refractivity contribution in [1.29, 1.82) is 0 Å². The van der Waals surface area contributed by atoms with Gasteiger partial charge in [0, 0.05) is 18.4 Å². The fourth-order valence-electron chi connectivity index (χ4n) is 2.38. The van der Waals surface area contributed by atoms with Crippen molar-refractivity contribution in [3.05, 3.63) is 17.0 Å². The van der Waals surface area contributed by atoms with Crippen molar-refractivity contribution >= 4 is 23.3 Å². The zero-order chi connectivity index (χ0) is 11.8. The van der Waals surface area contributed by atoms with E-state index < -0.39 is 0 Å². The van der Waals surface area contributed by atoms with Gasteiger partial charge in [0.2, 0.25) is 11.2 Å². The Morgan fingerprint density at radius 1 is 1.53 bits per heavy atom. The summed E-state index contributed by atoms with van der Waals surface area (Å²) in [6, 6.07) is 0.0865. The van der Waals surface area contributed by atoms with E-state index in [9.17, 15) is 4.79 Å². The van der Waals surface area contributed by atoms with Crippen LogP contribution in [0.1, 0.15) is 18.4 Å². The SMILES string of the molecule is O=C1Cc2cnc(Cl)nc2N1[C@H]1CCCOC1. The smallest absolute Gasteiger partial charge is 0.233 e. The van der Waals surface area contributed by atoms with Crippen LogP contribution in [-0.4, -0.2) is 35.1 Å². The monoisotopic (exact) mass is 253 g/mol. The molecule has 1 atom stereocenters. The molecular weight excluding hydrogens is 242 g/mol. The van der Waals surface area contributed by atoms with Crippen molar-refractivity contribution in [3.63, 3.8) is 0 Å². The van der Waals surface area contributed by atoms with Gasteiger partial charge in [0.15, 0.2) is 0 Å². The van der Waals surface area contributed by atoms with Gasteiger partial charge in [0.1, 0.15) is 5.82 Å². The minimum atomic E-state index is 0.0621. The maximum Gasteiger partial charge on any atom is 0.233 e. The summed E-state index contributed by atoms with van der Waals surface area (Å²) >= 11 is 5.78. The molecule has 3 rings (SSSR count). The Morgan fingerprint density at radius 3 is 3.18 bits per heavy atom. The molecule has 0 aliphatic carbocycles.